The Morgan fingerprint density at radius 1 is 1.08 bits per heavy atom. The molecule has 3 aliphatic rings. The zero-order chi connectivity index (χ0) is 34.9. The van der Waals surface area contributed by atoms with Crippen molar-refractivity contribution in [1.82, 2.24) is 24.3 Å². The second-order valence-corrected chi connectivity index (χ2v) is 13.4. The van der Waals surface area contributed by atoms with E-state index in [1.807, 2.05) is 6.07 Å². The Labute approximate surface area is 284 Å². The van der Waals surface area contributed by atoms with Gasteiger partial charge in [0, 0.05) is 73.8 Å². The molecule has 7 rings (SSSR count). The average Bonchev–Trinajstić information content (AvgIpc) is 3.67. The monoisotopic (exact) mass is 690 g/mol. The lowest BCUT2D eigenvalue weighted by Crippen LogP contribution is -2.67. The van der Waals surface area contributed by atoms with E-state index in [-0.39, 0.29) is 50.5 Å². The van der Waals surface area contributed by atoms with Gasteiger partial charge in [-0.05, 0) is 67.6 Å². The van der Waals surface area contributed by atoms with E-state index in [4.69, 9.17) is 21.3 Å². The third kappa shape index (κ3) is 5.32. The summed E-state index contributed by atoms with van der Waals surface area (Å²) >= 11 is 6.90. The number of aryl methyl sites for hydroxylation is 2. The summed E-state index contributed by atoms with van der Waals surface area (Å²) < 4.78 is 38.9. The molecule has 0 saturated carbocycles. The van der Waals surface area contributed by atoms with Crippen molar-refractivity contribution < 1.29 is 23.1 Å². The fourth-order valence-electron chi connectivity index (χ4n) is 7.46. The molecule has 11 nitrogen and oxygen atoms in total. The number of nitrogens with zero attached hydrogens (tertiary/aromatic N) is 4. The number of hydrogen-bond acceptors (Lipinski definition) is 7. The summed E-state index contributed by atoms with van der Waals surface area (Å²) in [5.74, 6) is -1.88. The molecule has 0 unspecified atom stereocenters. The molecule has 2 aliphatic heterocycles. The van der Waals surface area contributed by atoms with Crippen molar-refractivity contribution in [2.45, 2.75) is 44.2 Å². The van der Waals surface area contributed by atoms with E-state index in [0.717, 1.165) is 64.9 Å². The minimum atomic E-state index is -0.827. The maximum Gasteiger partial charge on any atom is 0.330 e. The highest BCUT2D eigenvalue weighted by Crippen LogP contribution is 2.48. The van der Waals surface area contributed by atoms with Crippen molar-refractivity contribution >= 4 is 29.1 Å². The SMILES string of the molecule is COc1nc(-c2ccc(F)c(-c3c(F)ccc(NC(=O)c4cn(C)c(=O)n(C)c4=O)c3C)c2Cl)cc2c1[C@@H](N1CC3(CCC(=O)N3)C1)CC2. The van der Waals surface area contributed by atoms with Gasteiger partial charge in [0.1, 0.15) is 17.2 Å². The van der Waals surface area contributed by atoms with Crippen molar-refractivity contribution in [1.29, 1.82) is 0 Å². The second kappa shape index (κ2) is 11.9. The molecule has 0 bridgehead atoms. The van der Waals surface area contributed by atoms with Gasteiger partial charge in [-0.3, -0.25) is 23.9 Å². The topological polar surface area (TPSA) is 128 Å². The smallest absolute Gasteiger partial charge is 0.330 e. The maximum atomic E-state index is 15.6. The summed E-state index contributed by atoms with van der Waals surface area (Å²) in [4.78, 5) is 56.9. The van der Waals surface area contributed by atoms with Crippen LogP contribution in [0.25, 0.3) is 22.4 Å². The molecule has 2 fully saturated rings. The van der Waals surface area contributed by atoms with Crippen LogP contribution in [0.4, 0.5) is 14.5 Å². The van der Waals surface area contributed by atoms with Crippen LogP contribution in [-0.2, 0) is 25.3 Å². The number of carbonyl (C=O) groups excluding carboxylic acids is 2. The molecule has 4 aromatic rings. The van der Waals surface area contributed by atoms with E-state index in [2.05, 4.69) is 15.5 Å². The number of anilines is 1. The molecule has 14 heteroatoms. The van der Waals surface area contributed by atoms with Gasteiger partial charge in [-0.2, -0.15) is 0 Å². The molecule has 1 spiro atoms. The van der Waals surface area contributed by atoms with E-state index in [1.165, 1.54) is 46.3 Å². The number of rotatable bonds is 6. The molecule has 4 heterocycles. The van der Waals surface area contributed by atoms with Gasteiger partial charge in [0.05, 0.1) is 23.4 Å². The Morgan fingerprint density at radius 3 is 2.49 bits per heavy atom. The van der Waals surface area contributed by atoms with E-state index in [0.29, 0.717) is 23.6 Å². The zero-order valence-corrected chi connectivity index (χ0v) is 28.0. The Kier molecular flexibility index (Phi) is 7.94. The standard InChI is InChI=1S/C35H33ClF2N6O5/c1-17-23(39-31(46)20-14-42(2)34(48)43(3)33(20)47)9-8-21(37)27(17)29-22(38)7-6-19(30(29)36)24-13-18-5-10-25(28(18)32(40-24)49-4)44-15-35(16-44)12-11-26(45)41-35/h6-9,13-14,25H,5,10-12,15-16H2,1-4H3,(H,39,46)(H,41,45)/t25-/m0/s1. The van der Waals surface area contributed by atoms with Gasteiger partial charge in [0.25, 0.3) is 11.5 Å². The summed E-state index contributed by atoms with van der Waals surface area (Å²) in [6.45, 7) is 3.02. The highest BCUT2D eigenvalue weighted by molar-refractivity contribution is 6.36. The number of aromatic nitrogens is 3. The minimum Gasteiger partial charge on any atom is -0.481 e. The largest absolute Gasteiger partial charge is 0.481 e. The summed E-state index contributed by atoms with van der Waals surface area (Å²) in [5, 5.41) is 5.64. The van der Waals surface area contributed by atoms with Crippen molar-refractivity contribution in [3.8, 4) is 28.3 Å². The van der Waals surface area contributed by atoms with Crippen molar-refractivity contribution in [3.05, 3.63) is 96.3 Å². The molecule has 1 atom stereocenters. The Hall–Kier alpha value is -4.88. The number of benzene rings is 2. The molecule has 0 radical (unpaired) electrons. The van der Waals surface area contributed by atoms with Crippen molar-refractivity contribution in [3.63, 3.8) is 0 Å². The zero-order valence-electron chi connectivity index (χ0n) is 27.2. The number of methoxy groups -OCH3 is 1. The lowest BCUT2D eigenvalue weighted by atomic mass is 9.86. The first-order chi connectivity index (χ1) is 23.3. The second-order valence-electron chi connectivity index (χ2n) is 13.0. The van der Waals surface area contributed by atoms with Crippen LogP contribution in [-0.4, -0.2) is 56.6 Å². The van der Waals surface area contributed by atoms with Crippen LogP contribution < -0.4 is 26.6 Å². The van der Waals surface area contributed by atoms with Crippen LogP contribution in [0, 0.1) is 18.6 Å². The quantitative estimate of drug-likeness (QED) is 0.310. The number of fused-ring (bicyclic) bond motifs is 1. The Balaban J connectivity index is 1.23. The number of pyridine rings is 1. The Bertz CT molecular complexity index is 2210. The third-order valence-corrected chi connectivity index (χ3v) is 10.4. The predicted octanol–water partition coefficient (Wildman–Crippen LogP) is 4.27. The summed E-state index contributed by atoms with van der Waals surface area (Å²) in [5.41, 5.74) is 0.801. The molecule has 2 N–H and O–H groups in total. The average molecular weight is 691 g/mol. The van der Waals surface area contributed by atoms with E-state index in [9.17, 15) is 19.2 Å². The number of ether oxygens (including phenoxy) is 1. The van der Waals surface area contributed by atoms with Crippen LogP contribution in [0.3, 0.4) is 0 Å². The molecular formula is C35H33ClF2N6O5. The fraction of sp³-hybridized carbons (Fsp3) is 0.343. The first kappa shape index (κ1) is 32.7. The highest BCUT2D eigenvalue weighted by atomic mass is 35.5. The van der Waals surface area contributed by atoms with Crippen LogP contribution in [0.1, 0.15) is 52.4 Å². The number of carbonyl (C=O) groups is 2. The molecule has 1 aliphatic carbocycles. The number of nitrogens with one attached hydrogen (secondary N) is 2. The lowest BCUT2D eigenvalue weighted by Gasteiger charge is -2.50. The van der Waals surface area contributed by atoms with Gasteiger partial charge >= 0.3 is 5.69 Å². The Morgan fingerprint density at radius 2 is 1.80 bits per heavy atom. The lowest BCUT2D eigenvalue weighted by molar-refractivity contribution is -0.121. The number of hydrogen-bond donors (Lipinski definition) is 2. The highest BCUT2D eigenvalue weighted by Gasteiger charge is 2.51. The van der Waals surface area contributed by atoms with Gasteiger partial charge in [0.15, 0.2) is 0 Å². The van der Waals surface area contributed by atoms with Gasteiger partial charge < -0.3 is 19.9 Å². The first-order valence-corrected chi connectivity index (χ1v) is 16.2. The molecular weight excluding hydrogens is 658 g/mol. The molecule has 2 amide bonds. The van der Waals surface area contributed by atoms with Gasteiger partial charge in [0.2, 0.25) is 11.8 Å². The van der Waals surface area contributed by atoms with Gasteiger partial charge in [-0.25, -0.2) is 18.6 Å². The maximum absolute atomic E-state index is 15.6. The van der Waals surface area contributed by atoms with Crippen molar-refractivity contribution in [2.75, 3.05) is 25.5 Å². The number of halogens is 3. The normalized spacial score (nSPS) is 17.9. The van der Waals surface area contributed by atoms with E-state index in [1.54, 1.807) is 0 Å². The summed E-state index contributed by atoms with van der Waals surface area (Å²) in [7, 11) is 4.20. The molecule has 254 valence electrons. The van der Waals surface area contributed by atoms with Crippen LogP contribution in [0.2, 0.25) is 5.02 Å². The molecule has 49 heavy (non-hydrogen) atoms. The molecule has 2 aromatic heterocycles. The van der Waals surface area contributed by atoms with Crippen molar-refractivity contribution in [2.24, 2.45) is 14.1 Å². The van der Waals surface area contributed by atoms with Gasteiger partial charge in [-0.1, -0.05) is 11.6 Å². The fourth-order valence-corrected chi connectivity index (χ4v) is 7.80. The summed E-state index contributed by atoms with van der Waals surface area (Å²) in [6.07, 6.45) is 4.09. The predicted molar refractivity (Wildman–Crippen MR) is 179 cm³/mol. The number of likely N-dealkylation sites (tertiary alicyclic amines) is 1. The molecule has 2 saturated heterocycles. The minimum absolute atomic E-state index is 0.0736. The third-order valence-electron chi connectivity index (χ3n) is 9.98. The molecule has 2 aromatic carbocycles. The van der Waals surface area contributed by atoms with Crippen LogP contribution >= 0.6 is 11.6 Å². The van der Waals surface area contributed by atoms with E-state index < -0.39 is 28.8 Å². The van der Waals surface area contributed by atoms with Crippen LogP contribution in [0.5, 0.6) is 5.88 Å². The van der Waals surface area contributed by atoms with Gasteiger partial charge in [-0.15, -0.1) is 0 Å². The van der Waals surface area contributed by atoms with E-state index >= 15 is 8.78 Å². The van der Waals surface area contributed by atoms with Crippen LogP contribution in [0.15, 0.2) is 46.1 Å². The summed E-state index contributed by atoms with van der Waals surface area (Å²) in [6, 6.07) is 7.03. The number of amides is 2. The first-order valence-electron chi connectivity index (χ1n) is 15.8.